The maximum atomic E-state index is 14.1. The SMILES string of the molecule is CC(C(=O)NC1CCCC1)N(Cc1ccc(F)cc1)C(=O)CN(c1ccc(Oc2ccccc2)cc1)S(=O)(=O)c1ccccc1. The molecule has 1 aliphatic rings. The molecule has 1 aliphatic carbocycles. The van der Waals surface area contributed by atoms with E-state index < -0.39 is 34.3 Å². The van der Waals surface area contributed by atoms with Crippen molar-refractivity contribution in [3.8, 4) is 11.5 Å². The van der Waals surface area contributed by atoms with Gasteiger partial charge >= 0.3 is 0 Å². The van der Waals surface area contributed by atoms with Gasteiger partial charge in [-0.15, -0.1) is 0 Å². The minimum Gasteiger partial charge on any atom is -0.457 e. The highest BCUT2D eigenvalue weighted by Gasteiger charge is 2.33. The second-order valence-corrected chi connectivity index (χ2v) is 12.9. The number of carbonyl (C=O) groups is 2. The third kappa shape index (κ3) is 8.07. The summed E-state index contributed by atoms with van der Waals surface area (Å²) in [7, 11) is -4.20. The number of hydrogen-bond donors (Lipinski definition) is 1. The molecule has 45 heavy (non-hydrogen) atoms. The van der Waals surface area contributed by atoms with Gasteiger partial charge < -0.3 is 15.0 Å². The van der Waals surface area contributed by atoms with Gasteiger partial charge in [0.05, 0.1) is 10.6 Å². The average molecular weight is 630 g/mol. The molecule has 10 heteroatoms. The largest absolute Gasteiger partial charge is 0.457 e. The first-order valence-corrected chi connectivity index (χ1v) is 16.4. The number of hydrogen-bond acceptors (Lipinski definition) is 5. The topological polar surface area (TPSA) is 96.0 Å². The molecule has 0 radical (unpaired) electrons. The summed E-state index contributed by atoms with van der Waals surface area (Å²) in [6.45, 7) is 1.04. The fraction of sp³-hybridized carbons (Fsp3) is 0.257. The van der Waals surface area contributed by atoms with E-state index in [0.717, 1.165) is 30.0 Å². The zero-order valence-corrected chi connectivity index (χ0v) is 25.8. The van der Waals surface area contributed by atoms with E-state index in [-0.39, 0.29) is 29.1 Å². The third-order valence-electron chi connectivity index (χ3n) is 7.85. The number of halogens is 1. The molecular formula is C35H36FN3O5S. The van der Waals surface area contributed by atoms with Crippen molar-refractivity contribution in [2.75, 3.05) is 10.8 Å². The van der Waals surface area contributed by atoms with Crippen LogP contribution in [0.2, 0.25) is 0 Å². The number of anilines is 1. The molecule has 1 N–H and O–H groups in total. The summed E-state index contributed by atoms with van der Waals surface area (Å²) >= 11 is 0. The first-order chi connectivity index (χ1) is 21.7. The van der Waals surface area contributed by atoms with Crippen molar-refractivity contribution in [1.29, 1.82) is 0 Å². The summed E-state index contributed by atoms with van der Waals surface area (Å²) in [5.41, 5.74) is 0.850. The van der Waals surface area contributed by atoms with Crippen molar-refractivity contribution in [1.82, 2.24) is 10.2 Å². The van der Waals surface area contributed by atoms with E-state index in [1.165, 1.54) is 29.2 Å². The number of rotatable bonds is 12. The smallest absolute Gasteiger partial charge is 0.264 e. The van der Waals surface area contributed by atoms with Crippen molar-refractivity contribution in [3.63, 3.8) is 0 Å². The summed E-state index contributed by atoms with van der Waals surface area (Å²) in [5, 5.41) is 3.04. The maximum absolute atomic E-state index is 14.1. The van der Waals surface area contributed by atoms with Crippen molar-refractivity contribution in [3.05, 3.63) is 121 Å². The Labute approximate surface area is 263 Å². The molecule has 234 valence electrons. The molecule has 8 nitrogen and oxygen atoms in total. The Kier molecular flexibility index (Phi) is 10.1. The summed E-state index contributed by atoms with van der Waals surface area (Å²) in [6, 6.07) is 28.2. The van der Waals surface area contributed by atoms with Crippen molar-refractivity contribution in [2.24, 2.45) is 0 Å². The molecule has 1 fully saturated rings. The van der Waals surface area contributed by atoms with Gasteiger partial charge in [0.15, 0.2) is 0 Å². The van der Waals surface area contributed by atoms with Gasteiger partial charge in [0, 0.05) is 12.6 Å². The molecule has 4 aromatic carbocycles. The number of ether oxygens (including phenoxy) is 1. The lowest BCUT2D eigenvalue weighted by molar-refractivity contribution is -0.139. The summed E-state index contributed by atoms with van der Waals surface area (Å²) in [4.78, 5) is 28.8. The number of nitrogens with zero attached hydrogens (tertiary/aromatic N) is 2. The Hall–Kier alpha value is -4.70. The van der Waals surface area contributed by atoms with Gasteiger partial charge in [-0.1, -0.05) is 61.4 Å². The predicted octanol–water partition coefficient (Wildman–Crippen LogP) is 6.29. The fourth-order valence-electron chi connectivity index (χ4n) is 5.31. The molecule has 0 saturated heterocycles. The molecule has 0 aromatic heterocycles. The number of sulfonamides is 1. The van der Waals surface area contributed by atoms with Crippen LogP contribution in [-0.2, 0) is 26.2 Å². The third-order valence-corrected chi connectivity index (χ3v) is 9.64. The quantitative estimate of drug-likeness (QED) is 0.199. The van der Waals surface area contributed by atoms with Crippen LogP contribution in [0.5, 0.6) is 11.5 Å². The highest BCUT2D eigenvalue weighted by molar-refractivity contribution is 7.92. The number of carbonyl (C=O) groups excluding carboxylic acids is 2. The van der Waals surface area contributed by atoms with Crippen molar-refractivity contribution in [2.45, 2.75) is 56.1 Å². The van der Waals surface area contributed by atoms with Crippen molar-refractivity contribution >= 4 is 27.5 Å². The Bertz CT molecular complexity index is 1680. The van der Waals surface area contributed by atoms with Crippen LogP contribution in [0.4, 0.5) is 10.1 Å². The van der Waals surface area contributed by atoms with E-state index >= 15 is 0 Å². The molecule has 1 saturated carbocycles. The Morgan fingerprint density at radius 1 is 0.844 bits per heavy atom. The van der Waals surface area contributed by atoms with Gasteiger partial charge in [-0.3, -0.25) is 13.9 Å². The van der Waals surface area contributed by atoms with Crippen LogP contribution in [0.1, 0.15) is 38.2 Å². The zero-order chi connectivity index (χ0) is 31.8. The van der Waals surface area contributed by atoms with Crippen LogP contribution in [0.3, 0.4) is 0 Å². The van der Waals surface area contributed by atoms with Crippen LogP contribution in [0.25, 0.3) is 0 Å². The molecule has 0 aliphatic heterocycles. The molecule has 2 amide bonds. The van der Waals surface area contributed by atoms with Crippen LogP contribution < -0.4 is 14.4 Å². The molecule has 4 aromatic rings. The highest BCUT2D eigenvalue weighted by Crippen LogP contribution is 2.29. The van der Waals surface area contributed by atoms with Gasteiger partial charge in [-0.05, 0) is 86.0 Å². The number of amides is 2. The molecule has 5 rings (SSSR count). The van der Waals surface area contributed by atoms with Gasteiger partial charge in [0.1, 0.15) is 29.9 Å². The van der Waals surface area contributed by atoms with E-state index in [0.29, 0.717) is 17.1 Å². The Morgan fingerprint density at radius 2 is 1.42 bits per heavy atom. The van der Waals surface area contributed by atoms with Crippen molar-refractivity contribution < 1.29 is 27.1 Å². The second-order valence-electron chi connectivity index (χ2n) is 11.0. The molecule has 0 spiro atoms. The molecule has 0 heterocycles. The summed E-state index contributed by atoms with van der Waals surface area (Å²) in [6.07, 6.45) is 3.80. The monoisotopic (exact) mass is 629 g/mol. The van der Waals surface area contributed by atoms with E-state index in [2.05, 4.69) is 5.32 Å². The van der Waals surface area contributed by atoms with Gasteiger partial charge in [0.2, 0.25) is 11.8 Å². The van der Waals surface area contributed by atoms with Crippen LogP contribution >= 0.6 is 0 Å². The van der Waals surface area contributed by atoms with E-state index in [4.69, 9.17) is 4.74 Å². The Balaban J connectivity index is 1.45. The summed E-state index contributed by atoms with van der Waals surface area (Å²) < 4.78 is 48.6. The molecule has 1 atom stereocenters. The van der Waals surface area contributed by atoms with Crippen LogP contribution in [0, 0.1) is 5.82 Å². The molecule has 0 bridgehead atoms. The predicted molar refractivity (Wildman–Crippen MR) is 171 cm³/mol. The summed E-state index contributed by atoms with van der Waals surface area (Å²) in [5.74, 6) is -0.225. The first-order valence-electron chi connectivity index (χ1n) is 15.0. The zero-order valence-electron chi connectivity index (χ0n) is 25.0. The number of nitrogens with one attached hydrogen (secondary N) is 1. The first kappa shape index (κ1) is 31.7. The van der Waals surface area contributed by atoms with Crippen LogP contribution in [0.15, 0.2) is 114 Å². The minimum absolute atomic E-state index is 0.0125. The lowest BCUT2D eigenvalue weighted by Crippen LogP contribution is -2.52. The normalized spacial score (nSPS) is 14.0. The van der Waals surface area contributed by atoms with Gasteiger partial charge in [0.25, 0.3) is 10.0 Å². The standard InChI is InChI=1S/C35H36FN3O5S/c1-26(35(41)37-29-10-8-9-11-29)38(24-27-16-18-28(36)19-17-27)34(40)25-39(45(42,43)33-14-6-3-7-15-33)30-20-22-32(23-21-30)44-31-12-4-2-5-13-31/h2-7,12-23,26,29H,8-11,24-25H2,1H3,(H,37,41). The lowest BCUT2D eigenvalue weighted by atomic mass is 10.1. The minimum atomic E-state index is -4.20. The highest BCUT2D eigenvalue weighted by atomic mass is 32.2. The number of para-hydroxylation sites is 1. The average Bonchev–Trinajstić information content (AvgIpc) is 3.57. The van der Waals surface area contributed by atoms with E-state index in [1.54, 1.807) is 73.7 Å². The molecule has 1 unspecified atom stereocenters. The fourth-order valence-corrected chi connectivity index (χ4v) is 6.75. The second kappa shape index (κ2) is 14.4. The Morgan fingerprint density at radius 3 is 2.04 bits per heavy atom. The van der Waals surface area contributed by atoms with Gasteiger partial charge in [-0.25, -0.2) is 12.8 Å². The number of benzene rings is 4. The maximum Gasteiger partial charge on any atom is 0.264 e. The van der Waals surface area contributed by atoms with E-state index in [1.807, 2.05) is 18.2 Å². The lowest BCUT2D eigenvalue weighted by Gasteiger charge is -2.32. The molecular weight excluding hydrogens is 593 g/mol. The van der Waals surface area contributed by atoms with E-state index in [9.17, 15) is 22.4 Å². The van der Waals surface area contributed by atoms with Crippen LogP contribution in [-0.4, -0.2) is 43.8 Å². The van der Waals surface area contributed by atoms with Gasteiger partial charge in [-0.2, -0.15) is 0 Å².